The Labute approximate surface area is 197 Å². The maximum absolute atomic E-state index is 9.61. The molecule has 0 amide bonds. The highest BCUT2D eigenvalue weighted by atomic mass is 35.5. The maximum atomic E-state index is 9.61. The van der Waals surface area contributed by atoms with Crippen LogP contribution in [0.15, 0.2) is 36.4 Å². The molecule has 1 aromatic carbocycles. The topological polar surface area (TPSA) is 49.7 Å². The molecule has 1 atom stereocenters. The van der Waals surface area contributed by atoms with Crippen LogP contribution < -0.4 is 12.4 Å². The minimum atomic E-state index is 0. The van der Waals surface area contributed by atoms with Crippen molar-refractivity contribution in [2.24, 2.45) is 0 Å². The van der Waals surface area contributed by atoms with Gasteiger partial charge in [-0.15, -0.1) is 0 Å². The van der Waals surface area contributed by atoms with Crippen LogP contribution in [0.1, 0.15) is 77.2 Å². The highest BCUT2D eigenvalue weighted by Gasteiger charge is 2.26. The first-order valence-electron chi connectivity index (χ1n) is 12.1. The molecular formula is C26H46ClNO3. The van der Waals surface area contributed by atoms with E-state index in [2.05, 4.69) is 38.1 Å². The van der Waals surface area contributed by atoms with E-state index in [4.69, 9.17) is 4.74 Å². The van der Waals surface area contributed by atoms with Crippen LogP contribution in [0.3, 0.4) is 0 Å². The van der Waals surface area contributed by atoms with Gasteiger partial charge in [0.25, 0.3) is 0 Å². The average molecular weight is 456 g/mol. The molecule has 0 aliphatic rings. The van der Waals surface area contributed by atoms with E-state index in [0.29, 0.717) is 24.3 Å². The van der Waals surface area contributed by atoms with Crippen molar-refractivity contribution in [3.05, 3.63) is 42.0 Å². The third kappa shape index (κ3) is 14.7. The number of aliphatic hydroxyl groups is 2. The minimum Gasteiger partial charge on any atom is -1.00 e. The third-order valence-electron chi connectivity index (χ3n) is 5.85. The first-order chi connectivity index (χ1) is 14.7. The van der Waals surface area contributed by atoms with Gasteiger partial charge >= 0.3 is 0 Å². The van der Waals surface area contributed by atoms with Crippen LogP contribution in [0.2, 0.25) is 0 Å². The van der Waals surface area contributed by atoms with Gasteiger partial charge in [-0.2, -0.15) is 0 Å². The Morgan fingerprint density at radius 3 is 2.06 bits per heavy atom. The number of halogens is 1. The average Bonchev–Trinajstić information content (AvgIpc) is 2.75. The summed E-state index contributed by atoms with van der Waals surface area (Å²) in [6.45, 7) is 7.03. The van der Waals surface area contributed by atoms with Crippen molar-refractivity contribution in [3.8, 4) is 0 Å². The van der Waals surface area contributed by atoms with E-state index >= 15 is 0 Å². The summed E-state index contributed by atoms with van der Waals surface area (Å²) in [4.78, 5) is 0. The van der Waals surface area contributed by atoms with Gasteiger partial charge in [-0.25, -0.2) is 0 Å². The van der Waals surface area contributed by atoms with Crippen molar-refractivity contribution in [1.82, 2.24) is 0 Å². The van der Waals surface area contributed by atoms with Crippen LogP contribution in [0.4, 0.5) is 0 Å². The first kappa shape index (κ1) is 30.1. The molecule has 0 spiro atoms. The Morgan fingerprint density at radius 1 is 0.903 bits per heavy atom. The zero-order valence-electron chi connectivity index (χ0n) is 19.9. The standard InChI is InChI=1S/C26H46NO3.ClH/c1-3-4-5-6-7-8-9-11-15-25(2)30-24-27(20-22-28,21-23-29)19-14-18-26-16-12-10-13-17-26;/h10,12-14,16-18,25,28-29H,3-9,11,15,19-24H2,1-2H3;1H/q+1;/p-1. The summed E-state index contributed by atoms with van der Waals surface area (Å²) in [5.74, 6) is 0. The number of aliphatic hydroxyl groups excluding tert-OH is 2. The summed E-state index contributed by atoms with van der Waals surface area (Å²) < 4.78 is 6.74. The molecule has 0 saturated heterocycles. The third-order valence-corrected chi connectivity index (χ3v) is 5.85. The number of benzene rings is 1. The Kier molecular flexibility index (Phi) is 19.2. The molecule has 4 nitrogen and oxygen atoms in total. The van der Waals surface area contributed by atoms with Crippen molar-refractivity contribution >= 4 is 6.08 Å². The van der Waals surface area contributed by atoms with Crippen LogP contribution in [-0.4, -0.2) is 60.4 Å². The summed E-state index contributed by atoms with van der Waals surface area (Å²) in [6.07, 6.45) is 16.1. The Balaban J connectivity index is 0.00000900. The van der Waals surface area contributed by atoms with E-state index in [1.54, 1.807) is 0 Å². The monoisotopic (exact) mass is 455 g/mol. The molecule has 0 heterocycles. The van der Waals surface area contributed by atoms with Gasteiger partial charge in [0.2, 0.25) is 0 Å². The smallest absolute Gasteiger partial charge is 0.183 e. The van der Waals surface area contributed by atoms with Gasteiger partial charge in [-0.1, -0.05) is 94.7 Å². The minimum absolute atomic E-state index is 0. The molecule has 0 fully saturated rings. The highest BCUT2D eigenvalue weighted by Crippen LogP contribution is 2.15. The molecule has 1 unspecified atom stereocenters. The summed E-state index contributed by atoms with van der Waals surface area (Å²) >= 11 is 0. The van der Waals surface area contributed by atoms with Gasteiger partial charge in [-0.05, 0) is 25.0 Å². The van der Waals surface area contributed by atoms with E-state index < -0.39 is 0 Å². The van der Waals surface area contributed by atoms with E-state index in [1.807, 2.05) is 18.2 Å². The Morgan fingerprint density at radius 2 is 1.48 bits per heavy atom. The van der Waals surface area contributed by atoms with Crippen molar-refractivity contribution in [1.29, 1.82) is 0 Å². The molecule has 0 bridgehead atoms. The van der Waals surface area contributed by atoms with Gasteiger partial charge in [-0.3, -0.25) is 4.48 Å². The number of quaternary nitrogens is 1. The fourth-order valence-electron chi connectivity index (χ4n) is 3.81. The number of unbranched alkanes of at least 4 members (excludes halogenated alkanes) is 7. The molecule has 1 rings (SSSR count). The van der Waals surface area contributed by atoms with E-state index in [-0.39, 0.29) is 31.7 Å². The summed E-state index contributed by atoms with van der Waals surface area (Å²) in [5.41, 5.74) is 1.16. The van der Waals surface area contributed by atoms with Crippen molar-refractivity contribution in [2.45, 2.75) is 77.7 Å². The second-order valence-corrected chi connectivity index (χ2v) is 8.60. The first-order valence-corrected chi connectivity index (χ1v) is 12.1. The van der Waals surface area contributed by atoms with Crippen molar-refractivity contribution in [2.75, 3.05) is 39.6 Å². The quantitative estimate of drug-likeness (QED) is 0.191. The van der Waals surface area contributed by atoms with E-state index in [9.17, 15) is 10.2 Å². The molecule has 0 radical (unpaired) electrons. The van der Waals surface area contributed by atoms with Gasteiger partial charge in [0.05, 0.1) is 25.9 Å². The lowest BCUT2D eigenvalue weighted by atomic mass is 10.1. The van der Waals surface area contributed by atoms with Crippen molar-refractivity contribution < 1.29 is 31.8 Å². The number of hydrogen-bond acceptors (Lipinski definition) is 3. The molecule has 0 saturated carbocycles. The number of rotatable bonds is 19. The SMILES string of the molecule is CCCCCCCCCCC(C)OC[N+](CC=Cc1ccccc1)(CCO)CCO.[Cl-]. The number of hydrogen-bond donors (Lipinski definition) is 2. The predicted octanol–water partition coefficient (Wildman–Crippen LogP) is 2.40. The lowest BCUT2D eigenvalue weighted by molar-refractivity contribution is -0.941. The normalized spacial score (nSPS) is 12.8. The second-order valence-electron chi connectivity index (χ2n) is 8.60. The second kappa shape index (κ2) is 19.8. The van der Waals surface area contributed by atoms with Gasteiger partial charge in [0, 0.05) is 0 Å². The lowest BCUT2D eigenvalue weighted by Gasteiger charge is -2.37. The van der Waals surface area contributed by atoms with Crippen LogP contribution in [-0.2, 0) is 4.74 Å². The van der Waals surface area contributed by atoms with Gasteiger partial charge < -0.3 is 27.4 Å². The van der Waals surface area contributed by atoms with E-state index in [0.717, 1.165) is 18.5 Å². The summed E-state index contributed by atoms with van der Waals surface area (Å²) in [7, 11) is 0. The van der Waals surface area contributed by atoms with Crippen LogP contribution in [0.25, 0.3) is 6.08 Å². The molecule has 0 aliphatic heterocycles. The molecule has 180 valence electrons. The van der Waals surface area contributed by atoms with Crippen LogP contribution in [0.5, 0.6) is 0 Å². The highest BCUT2D eigenvalue weighted by molar-refractivity contribution is 5.48. The molecule has 31 heavy (non-hydrogen) atoms. The maximum Gasteiger partial charge on any atom is 0.183 e. The van der Waals surface area contributed by atoms with Crippen LogP contribution >= 0.6 is 0 Å². The Hall–Kier alpha value is -0.910. The fraction of sp³-hybridized carbons (Fsp3) is 0.692. The summed E-state index contributed by atoms with van der Waals surface area (Å²) in [6, 6.07) is 10.2. The molecule has 0 aliphatic carbocycles. The largest absolute Gasteiger partial charge is 1.00 e. The molecule has 2 N–H and O–H groups in total. The fourth-order valence-corrected chi connectivity index (χ4v) is 3.81. The summed E-state index contributed by atoms with van der Waals surface area (Å²) in [5, 5.41) is 19.2. The molecular weight excluding hydrogens is 410 g/mol. The molecule has 0 aromatic heterocycles. The zero-order valence-corrected chi connectivity index (χ0v) is 20.6. The molecule has 1 aromatic rings. The lowest BCUT2D eigenvalue weighted by Crippen LogP contribution is -3.00. The number of nitrogens with zero attached hydrogens (tertiary/aromatic N) is 1. The Bertz CT molecular complexity index is 533. The zero-order chi connectivity index (χ0) is 21.9. The molecule has 5 heteroatoms. The van der Waals surface area contributed by atoms with Gasteiger partial charge in [0.1, 0.15) is 13.1 Å². The van der Waals surface area contributed by atoms with Crippen molar-refractivity contribution in [3.63, 3.8) is 0 Å². The van der Waals surface area contributed by atoms with Crippen LogP contribution in [0, 0.1) is 0 Å². The van der Waals surface area contributed by atoms with Gasteiger partial charge in [0.15, 0.2) is 6.73 Å². The number of ether oxygens (including phenoxy) is 1. The van der Waals surface area contributed by atoms with E-state index in [1.165, 1.54) is 51.4 Å². The predicted molar refractivity (Wildman–Crippen MR) is 127 cm³/mol.